The zero-order valence-corrected chi connectivity index (χ0v) is 14.0. The Labute approximate surface area is 128 Å². The normalized spacial score (nSPS) is 12.3. The van der Waals surface area contributed by atoms with Crippen molar-refractivity contribution in [1.29, 1.82) is 0 Å². The summed E-state index contributed by atoms with van der Waals surface area (Å²) in [6.45, 7) is 11.1. The van der Waals surface area contributed by atoms with Gasteiger partial charge in [-0.3, -0.25) is 4.79 Å². The molecule has 0 fully saturated rings. The molecule has 118 valence electrons. The van der Waals surface area contributed by atoms with Crippen molar-refractivity contribution in [3.05, 3.63) is 35.4 Å². The topological polar surface area (TPSA) is 49.3 Å². The van der Waals surface area contributed by atoms with Gasteiger partial charge in [-0.15, -0.1) is 0 Å². The fourth-order valence-electron chi connectivity index (χ4n) is 2.30. The summed E-state index contributed by atoms with van der Waals surface area (Å²) in [4.78, 5) is 12.2. The molecule has 3 nitrogen and oxygen atoms in total. The Hall–Kier alpha value is -1.35. The highest BCUT2D eigenvalue weighted by Gasteiger charge is 2.25. The maximum atomic E-state index is 12.2. The van der Waals surface area contributed by atoms with E-state index in [9.17, 15) is 4.79 Å². The third-order valence-corrected chi connectivity index (χ3v) is 3.99. The van der Waals surface area contributed by atoms with Crippen LogP contribution < -0.4 is 5.32 Å². The first-order valence-corrected chi connectivity index (χ1v) is 7.61. The molecule has 0 unspecified atom stereocenters. The summed E-state index contributed by atoms with van der Waals surface area (Å²) in [5.74, 6) is 0.0617. The zero-order valence-electron chi connectivity index (χ0n) is 14.0. The summed E-state index contributed by atoms with van der Waals surface area (Å²) in [6, 6.07) is 8.36. The van der Waals surface area contributed by atoms with Gasteiger partial charge in [-0.1, -0.05) is 57.5 Å². The molecule has 1 amide bonds. The number of benzene rings is 1. The van der Waals surface area contributed by atoms with Gasteiger partial charge in [0, 0.05) is 19.6 Å². The number of hydrogen-bond donors (Lipinski definition) is 2. The second-order valence-corrected chi connectivity index (χ2v) is 7.34. The number of nitrogens with one attached hydrogen (secondary N) is 1. The van der Waals surface area contributed by atoms with E-state index in [2.05, 4.69) is 64.2 Å². The van der Waals surface area contributed by atoms with Crippen molar-refractivity contribution in [3.8, 4) is 0 Å². The summed E-state index contributed by atoms with van der Waals surface area (Å²) in [5, 5.41) is 12.0. The fourth-order valence-corrected chi connectivity index (χ4v) is 2.30. The molecule has 21 heavy (non-hydrogen) atoms. The number of hydrogen-bond acceptors (Lipinski definition) is 2. The van der Waals surface area contributed by atoms with E-state index in [1.54, 1.807) is 0 Å². The minimum Gasteiger partial charge on any atom is -0.396 e. The van der Waals surface area contributed by atoms with Gasteiger partial charge in [-0.05, 0) is 29.7 Å². The van der Waals surface area contributed by atoms with Gasteiger partial charge in [0.2, 0.25) is 5.91 Å². The first-order valence-electron chi connectivity index (χ1n) is 7.61. The van der Waals surface area contributed by atoms with Crippen LogP contribution in [0.5, 0.6) is 0 Å². The molecule has 0 heterocycles. The van der Waals surface area contributed by atoms with Gasteiger partial charge in [0.15, 0.2) is 0 Å². The van der Waals surface area contributed by atoms with Crippen LogP contribution in [-0.2, 0) is 10.2 Å². The molecule has 0 atom stereocenters. The van der Waals surface area contributed by atoms with Crippen LogP contribution in [0.4, 0.5) is 0 Å². The van der Waals surface area contributed by atoms with Crippen LogP contribution in [0.25, 0.3) is 0 Å². The van der Waals surface area contributed by atoms with E-state index >= 15 is 0 Å². The van der Waals surface area contributed by atoms with Crippen LogP contribution in [0.1, 0.15) is 51.7 Å². The first kappa shape index (κ1) is 17.7. The van der Waals surface area contributed by atoms with Crippen LogP contribution in [0.15, 0.2) is 24.3 Å². The molecule has 0 aliphatic carbocycles. The van der Waals surface area contributed by atoms with E-state index in [1.165, 1.54) is 11.1 Å². The highest BCUT2D eigenvalue weighted by molar-refractivity contribution is 5.77. The Balaban J connectivity index is 2.59. The van der Waals surface area contributed by atoms with Crippen LogP contribution in [0, 0.1) is 12.3 Å². The molecule has 0 spiro atoms. The summed E-state index contributed by atoms with van der Waals surface area (Å²) in [7, 11) is 0. The molecule has 0 aliphatic heterocycles. The third-order valence-electron chi connectivity index (χ3n) is 3.99. The van der Waals surface area contributed by atoms with E-state index in [1.807, 2.05) is 0 Å². The minimum absolute atomic E-state index is 0.0617. The van der Waals surface area contributed by atoms with E-state index in [4.69, 9.17) is 5.11 Å². The van der Waals surface area contributed by atoms with E-state index in [0.29, 0.717) is 19.4 Å². The number of aliphatic hydroxyl groups is 1. The van der Waals surface area contributed by atoms with Gasteiger partial charge < -0.3 is 10.4 Å². The van der Waals surface area contributed by atoms with Crippen LogP contribution in [0.2, 0.25) is 0 Å². The SMILES string of the molecule is Cc1ccc(C(C)(C)CC(=O)NCC(C)(C)CCO)cc1. The lowest BCUT2D eigenvalue weighted by Crippen LogP contribution is -2.37. The number of rotatable bonds is 7. The third kappa shape index (κ3) is 5.88. The quantitative estimate of drug-likeness (QED) is 0.810. The minimum atomic E-state index is -0.182. The molecule has 0 saturated carbocycles. The Morgan fingerprint density at radius 3 is 2.24 bits per heavy atom. The monoisotopic (exact) mass is 291 g/mol. The number of aliphatic hydroxyl groups excluding tert-OH is 1. The van der Waals surface area contributed by atoms with Crippen LogP contribution in [-0.4, -0.2) is 24.2 Å². The maximum Gasteiger partial charge on any atom is 0.220 e. The highest BCUT2D eigenvalue weighted by atomic mass is 16.3. The average molecular weight is 291 g/mol. The van der Waals surface area contributed by atoms with Crippen molar-refractivity contribution in [2.75, 3.05) is 13.2 Å². The largest absolute Gasteiger partial charge is 0.396 e. The predicted molar refractivity (Wildman–Crippen MR) is 87.3 cm³/mol. The summed E-state index contributed by atoms with van der Waals surface area (Å²) in [6.07, 6.45) is 1.15. The Bertz CT molecular complexity index is 461. The lowest BCUT2D eigenvalue weighted by atomic mass is 9.81. The van der Waals surface area contributed by atoms with Gasteiger partial charge in [-0.2, -0.15) is 0 Å². The molecule has 0 bridgehead atoms. The average Bonchev–Trinajstić information content (AvgIpc) is 2.36. The Morgan fingerprint density at radius 2 is 1.71 bits per heavy atom. The molecule has 1 aromatic carbocycles. The van der Waals surface area contributed by atoms with Gasteiger partial charge in [0.25, 0.3) is 0 Å². The van der Waals surface area contributed by atoms with Gasteiger partial charge in [0.05, 0.1) is 0 Å². The van der Waals surface area contributed by atoms with Crippen LogP contribution >= 0.6 is 0 Å². The van der Waals surface area contributed by atoms with Crippen molar-refractivity contribution < 1.29 is 9.90 Å². The Kier molecular flexibility index (Phi) is 5.97. The van der Waals surface area contributed by atoms with Crippen molar-refractivity contribution in [1.82, 2.24) is 5.32 Å². The van der Waals surface area contributed by atoms with Gasteiger partial charge >= 0.3 is 0 Å². The maximum absolute atomic E-state index is 12.2. The fraction of sp³-hybridized carbons (Fsp3) is 0.611. The number of aryl methyl sites for hydroxylation is 1. The molecule has 0 radical (unpaired) electrons. The Morgan fingerprint density at radius 1 is 1.14 bits per heavy atom. The lowest BCUT2D eigenvalue weighted by molar-refractivity contribution is -0.122. The number of amides is 1. The van der Waals surface area contributed by atoms with Gasteiger partial charge in [-0.25, -0.2) is 0 Å². The molecule has 0 aliphatic rings. The molecular weight excluding hydrogens is 262 g/mol. The molecule has 0 aromatic heterocycles. The van der Waals surface area contributed by atoms with Gasteiger partial charge in [0.1, 0.15) is 0 Å². The molecule has 2 N–H and O–H groups in total. The molecule has 3 heteroatoms. The summed E-state index contributed by atoms with van der Waals surface area (Å²) >= 11 is 0. The molecule has 1 aromatic rings. The van der Waals surface area contributed by atoms with E-state index < -0.39 is 0 Å². The van der Waals surface area contributed by atoms with Crippen molar-refractivity contribution in [3.63, 3.8) is 0 Å². The van der Waals surface area contributed by atoms with Crippen molar-refractivity contribution >= 4 is 5.91 Å². The smallest absolute Gasteiger partial charge is 0.220 e. The molecule has 1 rings (SSSR count). The van der Waals surface area contributed by atoms with E-state index in [0.717, 1.165) is 0 Å². The van der Waals surface area contributed by atoms with Crippen LogP contribution in [0.3, 0.4) is 0 Å². The number of carbonyl (C=O) groups excluding carboxylic acids is 1. The second-order valence-electron chi connectivity index (χ2n) is 7.34. The summed E-state index contributed by atoms with van der Waals surface area (Å²) < 4.78 is 0. The predicted octanol–water partition coefficient (Wildman–Crippen LogP) is 3.19. The molecule has 0 saturated heterocycles. The standard InChI is InChI=1S/C18H29NO2/c1-14-6-8-15(9-7-14)18(4,5)12-16(21)19-13-17(2,3)10-11-20/h6-9,20H,10-13H2,1-5H3,(H,19,21). The lowest BCUT2D eigenvalue weighted by Gasteiger charge is -2.27. The first-order chi connectivity index (χ1) is 9.66. The zero-order chi connectivity index (χ0) is 16.1. The molecular formula is C18H29NO2. The second kappa shape index (κ2) is 7.08. The van der Waals surface area contributed by atoms with E-state index in [-0.39, 0.29) is 23.3 Å². The van der Waals surface area contributed by atoms with Crippen molar-refractivity contribution in [2.24, 2.45) is 5.41 Å². The van der Waals surface area contributed by atoms with Crippen molar-refractivity contribution in [2.45, 2.75) is 52.9 Å². The highest BCUT2D eigenvalue weighted by Crippen LogP contribution is 2.27. The number of carbonyl (C=O) groups is 1. The summed E-state index contributed by atoms with van der Waals surface area (Å²) in [5.41, 5.74) is 2.15.